The van der Waals surface area contributed by atoms with Gasteiger partial charge in [0.25, 0.3) is 0 Å². The van der Waals surface area contributed by atoms with E-state index in [4.69, 9.17) is 5.11 Å². The highest BCUT2D eigenvalue weighted by Gasteiger charge is 2.08. The molecule has 2 aromatic rings. The second-order valence-electron chi connectivity index (χ2n) is 4.51. The number of carboxylic acid groups (broad SMARTS) is 1. The number of hydrogen-bond acceptors (Lipinski definition) is 6. The van der Waals surface area contributed by atoms with Crippen LogP contribution in [0.4, 0.5) is 10.5 Å². The SMILES string of the molecule is CSc1nnnn1-c1cccc(NC(=O)NCCCC(=O)O)c1. The molecule has 0 spiro atoms. The second-order valence-corrected chi connectivity index (χ2v) is 5.28. The van der Waals surface area contributed by atoms with E-state index in [1.807, 2.05) is 12.3 Å². The van der Waals surface area contributed by atoms with E-state index in [0.717, 1.165) is 5.69 Å². The number of anilines is 1. The summed E-state index contributed by atoms with van der Waals surface area (Å²) in [5, 5.41) is 25.9. The maximum Gasteiger partial charge on any atom is 0.319 e. The van der Waals surface area contributed by atoms with Crippen LogP contribution < -0.4 is 10.6 Å². The van der Waals surface area contributed by atoms with Crippen LogP contribution in [0.25, 0.3) is 5.69 Å². The largest absolute Gasteiger partial charge is 0.481 e. The van der Waals surface area contributed by atoms with Crippen LogP contribution in [-0.4, -0.2) is 50.1 Å². The Labute approximate surface area is 136 Å². The molecule has 2 amide bonds. The van der Waals surface area contributed by atoms with Crippen LogP contribution in [0.1, 0.15) is 12.8 Å². The minimum absolute atomic E-state index is 0.0204. The van der Waals surface area contributed by atoms with Gasteiger partial charge in [0.2, 0.25) is 5.16 Å². The molecule has 1 aromatic heterocycles. The summed E-state index contributed by atoms with van der Waals surface area (Å²) in [4.78, 5) is 22.1. The molecule has 10 heteroatoms. The van der Waals surface area contributed by atoms with Crippen molar-refractivity contribution in [3.63, 3.8) is 0 Å². The van der Waals surface area contributed by atoms with Gasteiger partial charge in [0.1, 0.15) is 0 Å². The van der Waals surface area contributed by atoms with Gasteiger partial charge in [-0.15, -0.1) is 5.10 Å². The second kappa shape index (κ2) is 8.13. The zero-order valence-corrected chi connectivity index (χ0v) is 13.2. The molecule has 0 radical (unpaired) electrons. The molecule has 0 unspecified atom stereocenters. The highest BCUT2D eigenvalue weighted by molar-refractivity contribution is 7.98. The first-order valence-electron chi connectivity index (χ1n) is 6.79. The van der Waals surface area contributed by atoms with E-state index < -0.39 is 12.0 Å². The third-order valence-corrected chi connectivity index (χ3v) is 3.44. The maximum absolute atomic E-state index is 11.8. The predicted molar refractivity (Wildman–Crippen MR) is 84.8 cm³/mol. The number of carboxylic acids is 1. The van der Waals surface area contributed by atoms with Gasteiger partial charge in [0.05, 0.1) is 5.69 Å². The van der Waals surface area contributed by atoms with E-state index in [9.17, 15) is 9.59 Å². The lowest BCUT2D eigenvalue weighted by molar-refractivity contribution is -0.137. The standard InChI is InChI=1S/C13H16N6O3S/c1-23-13-16-17-18-19(13)10-5-2-4-9(8-10)15-12(22)14-7-3-6-11(20)21/h2,4-5,8H,3,6-7H2,1H3,(H,20,21)(H2,14,15,22). The first-order valence-corrected chi connectivity index (χ1v) is 8.02. The van der Waals surface area contributed by atoms with Gasteiger partial charge in [-0.1, -0.05) is 17.8 Å². The number of urea groups is 1. The molecule has 1 aromatic carbocycles. The number of hydrogen-bond donors (Lipinski definition) is 3. The number of thioether (sulfide) groups is 1. The molecule has 0 aliphatic rings. The van der Waals surface area contributed by atoms with Crippen molar-refractivity contribution >= 4 is 29.4 Å². The lowest BCUT2D eigenvalue weighted by atomic mass is 10.3. The minimum Gasteiger partial charge on any atom is -0.481 e. The average molecular weight is 336 g/mol. The van der Waals surface area contributed by atoms with Gasteiger partial charge in [-0.2, -0.15) is 4.68 Å². The number of aliphatic carboxylic acids is 1. The number of aromatic nitrogens is 4. The summed E-state index contributed by atoms with van der Waals surface area (Å²) in [6.07, 6.45) is 2.27. The molecule has 23 heavy (non-hydrogen) atoms. The molecule has 3 N–H and O–H groups in total. The van der Waals surface area contributed by atoms with Crippen LogP contribution in [0.3, 0.4) is 0 Å². The Morgan fingerprint density at radius 1 is 1.39 bits per heavy atom. The molecule has 0 fully saturated rings. The van der Waals surface area contributed by atoms with Crippen LogP contribution >= 0.6 is 11.8 Å². The van der Waals surface area contributed by atoms with Crippen molar-refractivity contribution in [3.8, 4) is 5.69 Å². The van der Waals surface area contributed by atoms with Gasteiger partial charge >= 0.3 is 12.0 Å². The van der Waals surface area contributed by atoms with Crippen LogP contribution in [0.5, 0.6) is 0 Å². The third kappa shape index (κ3) is 4.95. The van der Waals surface area contributed by atoms with E-state index in [1.54, 1.807) is 22.9 Å². The Morgan fingerprint density at radius 3 is 2.96 bits per heavy atom. The molecule has 0 saturated carbocycles. The monoisotopic (exact) mass is 336 g/mol. The lowest BCUT2D eigenvalue weighted by Crippen LogP contribution is -2.29. The summed E-state index contributed by atoms with van der Waals surface area (Å²) < 4.78 is 1.57. The van der Waals surface area contributed by atoms with Gasteiger partial charge in [-0.25, -0.2) is 4.79 Å². The van der Waals surface area contributed by atoms with Crippen LogP contribution in [0, 0.1) is 0 Å². The average Bonchev–Trinajstić information content (AvgIpc) is 3.00. The number of amides is 2. The molecule has 0 bridgehead atoms. The number of nitrogens with zero attached hydrogens (tertiary/aromatic N) is 4. The van der Waals surface area contributed by atoms with E-state index in [1.165, 1.54) is 11.8 Å². The highest BCUT2D eigenvalue weighted by atomic mass is 32.2. The third-order valence-electron chi connectivity index (χ3n) is 2.83. The van der Waals surface area contributed by atoms with Gasteiger partial charge in [-0.05, 0) is 41.3 Å². The smallest absolute Gasteiger partial charge is 0.319 e. The number of tetrazole rings is 1. The van der Waals surface area contributed by atoms with Crippen molar-refractivity contribution in [2.75, 3.05) is 18.1 Å². The highest BCUT2D eigenvalue weighted by Crippen LogP contribution is 2.18. The van der Waals surface area contributed by atoms with Gasteiger partial charge in [0.15, 0.2) is 0 Å². The van der Waals surface area contributed by atoms with E-state index in [0.29, 0.717) is 23.8 Å². The van der Waals surface area contributed by atoms with Crippen molar-refractivity contribution in [1.29, 1.82) is 0 Å². The molecule has 0 saturated heterocycles. The molecular weight excluding hydrogens is 320 g/mol. The van der Waals surface area contributed by atoms with Crippen molar-refractivity contribution in [2.24, 2.45) is 0 Å². The van der Waals surface area contributed by atoms with Crippen LogP contribution in [0.15, 0.2) is 29.4 Å². The normalized spacial score (nSPS) is 10.3. The van der Waals surface area contributed by atoms with Crippen molar-refractivity contribution in [2.45, 2.75) is 18.0 Å². The first-order chi connectivity index (χ1) is 11.1. The minimum atomic E-state index is -0.883. The van der Waals surface area contributed by atoms with Gasteiger partial charge in [0, 0.05) is 18.7 Å². The van der Waals surface area contributed by atoms with Gasteiger partial charge < -0.3 is 15.7 Å². The topological polar surface area (TPSA) is 122 Å². The van der Waals surface area contributed by atoms with E-state index >= 15 is 0 Å². The number of carbonyl (C=O) groups excluding carboxylic acids is 1. The summed E-state index contributed by atoms with van der Waals surface area (Å²) >= 11 is 1.41. The van der Waals surface area contributed by atoms with Crippen molar-refractivity contribution in [3.05, 3.63) is 24.3 Å². The fourth-order valence-corrected chi connectivity index (χ4v) is 2.23. The van der Waals surface area contributed by atoms with Gasteiger partial charge in [-0.3, -0.25) is 4.79 Å². The number of rotatable bonds is 7. The van der Waals surface area contributed by atoms with Crippen LogP contribution in [-0.2, 0) is 4.79 Å². The molecule has 2 rings (SSSR count). The lowest BCUT2D eigenvalue weighted by Gasteiger charge is -2.09. The zero-order valence-electron chi connectivity index (χ0n) is 12.4. The van der Waals surface area contributed by atoms with Crippen LogP contribution in [0.2, 0.25) is 0 Å². The number of nitrogens with one attached hydrogen (secondary N) is 2. The number of carbonyl (C=O) groups is 2. The maximum atomic E-state index is 11.8. The zero-order chi connectivity index (χ0) is 16.7. The molecule has 0 atom stereocenters. The Hall–Kier alpha value is -2.62. The summed E-state index contributed by atoms with van der Waals surface area (Å²) in [5.41, 5.74) is 1.31. The Morgan fingerprint density at radius 2 is 2.22 bits per heavy atom. The van der Waals surface area contributed by atoms with Crippen molar-refractivity contribution < 1.29 is 14.7 Å². The molecule has 1 heterocycles. The van der Waals surface area contributed by atoms with E-state index in [-0.39, 0.29) is 6.42 Å². The Kier molecular flexibility index (Phi) is 5.92. The summed E-state index contributed by atoms with van der Waals surface area (Å²) in [6, 6.07) is 6.69. The van der Waals surface area contributed by atoms with Crippen molar-refractivity contribution in [1.82, 2.24) is 25.5 Å². The molecule has 0 aliphatic heterocycles. The molecule has 9 nitrogen and oxygen atoms in total. The molecule has 122 valence electrons. The first kappa shape index (κ1) is 16.7. The molecule has 0 aliphatic carbocycles. The molecular formula is C13H16N6O3S. The Balaban J connectivity index is 1.95. The van der Waals surface area contributed by atoms with E-state index in [2.05, 4.69) is 26.2 Å². The summed E-state index contributed by atoms with van der Waals surface area (Å²) in [6.45, 7) is 0.293. The quantitative estimate of drug-likeness (QED) is 0.515. The fourth-order valence-electron chi connectivity index (χ4n) is 1.80. The summed E-state index contributed by atoms with van der Waals surface area (Å²) in [5.74, 6) is -0.883. The number of benzene rings is 1. The fraction of sp³-hybridized carbons (Fsp3) is 0.308. The summed E-state index contributed by atoms with van der Waals surface area (Å²) in [7, 11) is 0. The Bertz CT molecular complexity index is 690. The predicted octanol–water partition coefficient (Wildman–Crippen LogP) is 1.37.